The summed E-state index contributed by atoms with van der Waals surface area (Å²) in [4.78, 5) is 6.18. The molecule has 5 heteroatoms. The Hall–Kier alpha value is -0.100. The maximum atomic E-state index is 5.72. The number of rotatable bonds is 1. The van der Waals surface area contributed by atoms with E-state index >= 15 is 0 Å². The summed E-state index contributed by atoms with van der Waals surface area (Å²) in [6.45, 7) is 2.70. The lowest BCUT2D eigenvalue weighted by atomic mass is 10.3. The molecule has 1 saturated heterocycles. The van der Waals surface area contributed by atoms with Crippen molar-refractivity contribution in [3.63, 3.8) is 0 Å². The third-order valence-electron chi connectivity index (χ3n) is 2.71. The molecular weight excluding hydrogens is 228 g/mol. The van der Waals surface area contributed by atoms with Gasteiger partial charge in [-0.3, -0.25) is 0 Å². The molecule has 1 N–H and O–H groups in total. The molecule has 0 aliphatic carbocycles. The molecule has 1 aromatic heterocycles. The van der Waals surface area contributed by atoms with Crippen LogP contribution in [-0.4, -0.2) is 30.4 Å². The molecule has 15 heavy (non-hydrogen) atoms. The van der Waals surface area contributed by atoms with Gasteiger partial charge in [-0.05, 0) is 12.2 Å². The van der Waals surface area contributed by atoms with Crippen molar-refractivity contribution in [1.29, 1.82) is 0 Å². The summed E-state index contributed by atoms with van der Waals surface area (Å²) < 4.78 is 5.72. The van der Waals surface area contributed by atoms with Gasteiger partial charge in [-0.1, -0.05) is 0 Å². The van der Waals surface area contributed by atoms with E-state index < -0.39 is 0 Å². The van der Waals surface area contributed by atoms with Crippen LogP contribution in [0.2, 0.25) is 0 Å². The van der Waals surface area contributed by atoms with Gasteiger partial charge in [0.2, 0.25) is 0 Å². The number of hydrogen-bond donors (Lipinski definition) is 1. The average molecular weight is 242 g/mol. The molecule has 3 nitrogen and oxygen atoms in total. The first-order valence-electron chi connectivity index (χ1n) is 5.32. The number of nitrogens with one attached hydrogen (secondary N) is 1. The quantitative estimate of drug-likeness (QED) is 0.811. The van der Waals surface area contributed by atoms with Crippen LogP contribution in [0.3, 0.4) is 0 Å². The second-order valence-corrected chi connectivity index (χ2v) is 6.01. The van der Waals surface area contributed by atoms with E-state index in [1.54, 1.807) is 0 Å². The zero-order chi connectivity index (χ0) is 10.1. The summed E-state index contributed by atoms with van der Waals surface area (Å²) in [5.41, 5.74) is 1.32. The van der Waals surface area contributed by atoms with Gasteiger partial charge < -0.3 is 10.1 Å². The molecule has 82 valence electrons. The van der Waals surface area contributed by atoms with E-state index in [-0.39, 0.29) is 6.10 Å². The van der Waals surface area contributed by atoms with Gasteiger partial charge in [0.25, 0.3) is 0 Å². The Kier molecular flexibility index (Phi) is 2.96. The minimum atomic E-state index is 0.194. The number of aromatic nitrogens is 1. The summed E-state index contributed by atoms with van der Waals surface area (Å²) in [5.74, 6) is 2.37. The summed E-state index contributed by atoms with van der Waals surface area (Å²) in [6.07, 6.45) is 1.33. The number of thiazole rings is 1. The first-order chi connectivity index (χ1) is 7.43. The minimum Gasteiger partial charge on any atom is -0.368 e. The molecule has 0 radical (unpaired) electrons. The van der Waals surface area contributed by atoms with Gasteiger partial charge in [-0.2, -0.15) is 11.8 Å². The van der Waals surface area contributed by atoms with Crippen LogP contribution in [0.5, 0.6) is 0 Å². The number of morpholine rings is 1. The van der Waals surface area contributed by atoms with Gasteiger partial charge in [0.15, 0.2) is 0 Å². The average Bonchev–Trinajstić information content (AvgIpc) is 2.74. The Morgan fingerprint density at radius 2 is 2.47 bits per heavy atom. The lowest BCUT2D eigenvalue weighted by Gasteiger charge is -2.21. The summed E-state index contributed by atoms with van der Waals surface area (Å²) in [5, 5.41) is 4.53. The lowest BCUT2D eigenvalue weighted by molar-refractivity contribution is 0.0275. The van der Waals surface area contributed by atoms with E-state index in [0.29, 0.717) is 0 Å². The Morgan fingerprint density at radius 3 is 3.27 bits per heavy atom. The highest BCUT2D eigenvalue weighted by Crippen LogP contribution is 2.33. The summed E-state index contributed by atoms with van der Waals surface area (Å²) >= 11 is 3.86. The fraction of sp³-hybridized carbons (Fsp3) is 0.700. The molecule has 0 saturated carbocycles. The van der Waals surface area contributed by atoms with Crippen molar-refractivity contribution < 1.29 is 4.74 Å². The predicted molar refractivity (Wildman–Crippen MR) is 63.5 cm³/mol. The second-order valence-electron chi connectivity index (χ2n) is 3.79. The van der Waals surface area contributed by atoms with Crippen molar-refractivity contribution in [2.75, 3.05) is 25.4 Å². The molecule has 3 rings (SSSR count). The van der Waals surface area contributed by atoms with Crippen molar-refractivity contribution in [2.45, 2.75) is 18.3 Å². The molecule has 1 fully saturated rings. The topological polar surface area (TPSA) is 34.1 Å². The molecule has 2 aliphatic heterocycles. The van der Waals surface area contributed by atoms with E-state index in [1.165, 1.54) is 21.3 Å². The third-order valence-corrected chi connectivity index (χ3v) is 5.07. The SMILES string of the molecule is C1COC(c2nc3c(s2)CSCC3)CN1. The van der Waals surface area contributed by atoms with Crippen molar-refractivity contribution in [2.24, 2.45) is 0 Å². The molecule has 1 unspecified atom stereocenters. The van der Waals surface area contributed by atoms with Gasteiger partial charge in [0.1, 0.15) is 11.1 Å². The van der Waals surface area contributed by atoms with Crippen LogP contribution in [0.25, 0.3) is 0 Å². The van der Waals surface area contributed by atoms with E-state index in [9.17, 15) is 0 Å². The molecule has 2 aliphatic rings. The molecule has 0 aromatic carbocycles. The monoisotopic (exact) mass is 242 g/mol. The van der Waals surface area contributed by atoms with Crippen LogP contribution in [0.1, 0.15) is 21.7 Å². The normalized spacial score (nSPS) is 26.3. The lowest BCUT2D eigenvalue weighted by Crippen LogP contribution is -2.33. The van der Waals surface area contributed by atoms with Gasteiger partial charge in [-0.15, -0.1) is 11.3 Å². The van der Waals surface area contributed by atoms with Crippen molar-refractivity contribution in [3.05, 3.63) is 15.6 Å². The highest BCUT2D eigenvalue weighted by molar-refractivity contribution is 7.98. The fourth-order valence-corrected chi connectivity index (χ4v) is 4.18. The zero-order valence-electron chi connectivity index (χ0n) is 8.49. The molecule has 0 bridgehead atoms. The Labute approximate surface area is 97.6 Å². The predicted octanol–water partition coefficient (Wildman–Crippen LogP) is 1.59. The number of thioether (sulfide) groups is 1. The number of hydrogen-bond acceptors (Lipinski definition) is 5. The highest BCUT2D eigenvalue weighted by atomic mass is 32.2. The van der Waals surface area contributed by atoms with E-state index in [2.05, 4.69) is 5.32 Å². The number of aryl methyl sites for hydroxylation is 1. The molecule has 3 heterocycles. The van der Waals surface area contributed by atoms with Crippen LogP contribution in [0, 0.1) is 0 Å². The van der Waals surface area contributed by atoms with Gasteiger partial charge in [0, 0.05) is 23.7 Å². The molecule has 1 aromatic rings. The van der Waals surface area contributed by atoms with Crippen LogP contribution in [0.15, 0.2) is 0 Å². The van der Waals surface area contributed by atoms with Gasteiger partial charge in [-0.25, -0.2) is 4.98 Å². The first-order valence-corrected chi connectivity index (χ1v) is 7.29. The maximum Gasteiger partial charge on any atom is 0.123 e. The summed E-state index contributed by atoms with van der Waals surface area (Å²) in [6, 6.07) is 0. The zero-order valence-corrected chi connectivity index (χ0v) is 10.1. The maximum absolute atomic E-state index is 5.72. The Bertz CT molecular complexity index is 324. The van der Waals surface area contributed by atoms with Crippen LogP contribution >= 0.6 is 23.1 Å². The Balaban J connectivity index is 1.82. The standard InChI is InChI=1S/C10H14N2OS2/c1-4-14-6-9-7(1)12-10(15-9)8-5-11-2-3-13-8/h8,11H,1-6H2. The molecule has 0 amide bonds. The van der Waals surface area contributed by atoms with Crippen molar-refractivity contribution in [1.82, 2.24) is 10.3 Å². The van der Waals surface area contributed by atoms with Crippen LogP contribution < -0.4 is 5.32 Å². The van der Waals surface area contributed by atoms with Crippen LogP contribution in [-0.2, 0) is 16.9 Å². The third kappa shape index (κ3) is 2.06. The molecular formula is C10H14N2OS2. The number of ether oxygens (including phenoxy) is 1. The first kappa shape index (κ1) is 10.1. The van der Waals surface area contributed by atoms with Crippen LogP contribution in [0.4, 0.5) is 0 Å². The molecule has 1 atom stereocenters. The number of fused-ring (bicyclic) bond motifs is 1. The minimum absolute atomic E-state index is 0.194. The highest BCUT2D eigenvalue weighted by Gasteiger charge is 2.23. The van der Waals surface area contributed by atoms with Gasteiger partial charge >= 0.3 is 0 Å². The largest absolute Gasteiger partial charge is 0.368 e. The fourth-order valence-electron chi connectivity index (χ4n) is 1.91. The Morgan fingerprint density at radius 1 is 1.47 bits per heavy atom. The van der Waals surface area contributed by atoms with Crippen molar-refractivity contribution >= 4 is 23.1 Å². The van der Waals surface area contributed by atoms with Crippen molar-refractivity contribution in [3.8, 4) is 0 Å². The van der Waals surface area contributed by atoms with Gasteiger partial charge in [0.05, 0.1) is 12.3 Å². The van der Waals surface area contributed by atoms with E-state index in [0.717, 1.165) is 31.9 Å². The molecule has 0 spiro atoms. The summed E-state index contributed by atoms with van der Waals surface area (Å²) in [7, 11) is 0. The smallest absolute Gasteiger partial charge is 0.123 e. The number of nitrogens with zero attached hydrogens (tertiary/aromatic N) is 1. The van der Waals surface area contributed by atoms with E-state index in [1.807, 2.05) is 23.1 Å². The second kappa shape index (κ2) is 4.41. The van der Waals surface area contributed by atoms with E-state index in [4.69, 9.17) is 9.72 Å².